The molecule has 0 aliphatic carbocycles. The molecule has 2 aromatic rings. The van der Waals surface area contributed by atoms with Gasteiger partial charge in [0.15, 0.2) is 0 Å². The lowest BCUT2D eigenvalue weighted by Crippen LogP contribution is -2.38. The van der Waals surface area contributed by atoms with Crippen molar-refractivity contribution in [1.29, 1.82) is 0 Å². The van der Waals surface area contributed by atoms with Crippen LogP contribution < -0.4 is 4.90 Å². The van der Waals surface area contributed by atoms with Gasteiger partial charge in [0.25, 0.3) is 5.89 Å². The fraction of sp³-hybridized carbons (Fsp3) is 0.636. The number of anilines is 1. The second-order valence-electron chi connectivity index (χ2n) is 4.90. The topological polar surface area (TPSA) is 71.2 Å². The first kappa shape index (κ1) is 11.3. The molecule has 3 aliphatic rings. The maximum atomic E-state index is 5.77. The highest BCUT2D eigenvalue weighted by molar-refractivity contribution is 7.08. The molecule has 2 aromatic heterocycles. The van der Waals surface area contributed by atoms with Crippen molar-refractivity contribution in [3.05, 3.63) is 6.33 Å². The molecule has 7 nitrogen and oxygen atoms in total. The third-order valence-electron chi connectivity index (χ3n) is 3.86. The van der Waals surface area contributed by atoms with Crippen molar-refractivity contribution >= 4 is 17.5 Å². The average molecular weight is 278 g/mol. The standard InChI is InChI=1S/C11H14N6OS/c1-3-16-4-2-8(1)17(6-5-16)11-15-14-9(18-11)10-12-7-13-19-10/h7-8H,1-6H2. The number of hydrogen-bond acceptors (Lipinski definition) is 8. The fourth-order valence-corrected chi connectivity index (χ4v) is 3.27. The SMILES string of the molecule is c1nsc(-c2nnc(N3CCN4CCC3CC4)o2)n1. The maximum Gasteiger partial charge on any atom is 0.318 e. The summed E-state index contributed by atoms with van der Waals surface area (Å²) in [5, 5.41) is 8.95. The van der Waals surface area contributed by atoms with E-state index in [1.807, 2.05) is 0 Å². The highest BCUT2D eigenvalue weighted by Gasteiger charge is 2.32. The molecule has 3 saturated heterocycles. The van der Waals surface area contributed by atoms with Gasteiger partial charge in [-0.3, -0.25) is 0 Å². The van der Waals surface area contributed by atoms with E-state index in [2.05, 4.69) is 29.4 Å². The molecule has 0 radical (unpaired) electrons. The third kappa shape index (κ3) is 2.00. The van der Waals surface area contributed by atoms with Gasteiger partial charge in [-0.05, 0) is 24.4 Å². The second-order valence-corrected chi connectivity index (χ2v) is 5.68. The Morgan fingerprint density at radius 1 is 1.16 bits per heavy atom. The summed E-state index contributed by atoms with van der Waals surface area (Å²) in [6.45, 7) is 4.40. The Labute approximate surface area is 114 Å². The Bertz CT molecular complexity index is 547. The van der Waals surface area contributed by atoms with E-state index in [9.17, 15) is 0 Å². The minimum atomic E-state index is 0.469. The Morgan fingerprint density at radius 2 is 2.05 bits per heavy atom. The van der Waals surface area contributed by atoms with Crippen molar-refractivity contribution in [3.63, 3.8) is 0 Å². The van der Waals surface area contributed by atoms with Gasteiger partial charge in [-0.1, -0.05) is 5.10 Å². The number of hydrogen-bond donors (Lipinski definition) is 0. The number of fused-ring (bicyclic) bond motifs is 4. The van der Waals surface area contributed by atoms with Crippen LogP contribution in [0.1, 0.15) is 12.8 Å². The first-order valence-electron chi connectivity index (χ1n) is 6.50. The van der Waals surface area contributed by atoms with Gasteiger partial charge in [-0.2, -0.15) is 4.37 Å². The maximum absolute atomic E-state index is 5.77. The summed E-state index contributed by atoms with van der Waals surface area (Å²) in [5.74, 6) is 0.469. The van der Waals surface area contributed by atoms with Gasteiger partial charge in [0.05, 0.1) is 0 Å². The van der Waals surface area contributed by atoms with Crippen LogP contribution in [0, 0.1) is 0 Å². The van der Waals surface area contributed by atoms with Crippen molar-refractivity contribution in [2.24, 2.45) is 0 Å². The third-order valence-corrected chi connectivity index (χ3v) is 4.51. The summed E-state index contributed by atoms with van der Waals surface area (Å²) in [5.41, 5.74) is 0. The Morgan fingerprint density at radius 3 is 2.84 bits per heavy atom. The van der Waals surface area contributed by atoms with Crippen LogP contribution in [0.25, 0.3) is 10.9 Å². The monoisotopic (exact) mass is 278 g/mol. The van der Waals surface area contributed by atoms with E-state index in [1.165, 1.54) is 43.8 Å². The van der Waals surface area contributed by atoms with E-state index in [1.54, 1.807) is 0 Å². The number of rotatable bonds is 2. The van der Waals surface area contributed by atoms with Crippen LogP contribution in [0.5, 0.6) is 0 Å². The van der Waals surface area contributed by atoms with Crippen molar-refractivity contribution in [2.45, 2.75) is 18.9 Å². The van der Waals surface area contributed by atoms with E-state index < -0.39 is 0 Å². The average Bonchev–Trinajstić information content (AvgIpc) is 3.05. The van der Waals surface area contributed by atoms with Crippen LogP contribution in [-0.4, -0.2) is 56.7 Å². The van der Waals surface area contributed by atoms with Crippen molar-refractivity contribution in [3.8, 4) is 10.9 Å². The molecule has 0 unspecified atom stereocenters. The zero-order valence-electron chi connectivity index (χ0n) is 10.4. The molecule has 0 amide bonds. The predicted octanol–water partition coefficient (Wildman–Crippen LogP) is 0.872. The molecule has 19 heavy (non-hydrogen) atoms. The minimum Gasteiger partial charge on any atom is -0.401 e. The molecule has 0 saturated carbocycles. The summed E-state index contributed by atoms with van der Waals surface area (Å²) in [4.78, 5) is 8.85. The summed E-state index contributed by atoms with van der Waals surface area (Å²) in [6, 6.07) is 1.15. The zero-order chi connectivity index (χ0) is 12.7. The first-order valence-corrected chi connectivity index (χ1v) is 7.27. The van der Waals surface area contributed by atoms with Crippen LogP contribution in [0.15, 0.2) is 10.7 Å². The van der Waals surface area contributed by atoms with Crippen LogP contribution in [0.4, 0.5) is 6.01 Å². The molecule has 5 heterocycles. The lowest BCUT2D eigenvalue weighted by atomic mass is 10.1. The van der Waals surface area contributed by atoms with Gasteiger partial charge in [0.2, 0.25) is 5.01 Å². The molecule has 3 fully saturated rings. The van der Waals surface area contributed by atoms with Gasteiger partial charge in [0.1, 0.15) is 6.33 Å². The van der Waals surface area contributed by atoms with E-state index in [0.29, 0.717) is 23.0 Å². The van der Waals surface area contributed by atoms with Crippen molar-refractivity contribution in [1.82, 2.24) is 24.5 Å². The zero-order valence-corrected chi connectivity index (χ0v) is 11.2. The Hall–Kier alpha value is -1.54. The Kier molecular flexibility index (Phi) is 2.70. The second kappa shape index (κ2) is 4.53. The van der Waals surface area contributed by atoms with Gasteiger partial charge >= 0.3 is 6.01 Å². The lowest BCUT2D eigenvalue weighted by molar-refractivity contribution is 0.249. The molecular weight excluding hydrogens is 264 g/mol. The van der Waals surface area contributed by atoms with E-state index in [-0.39, 0.29) is 0 Å². The molecule has 0 atom stereocenters. The summed E-state index contributed by atoms with van der Waals surface area (Å²) < 4.78 is 9.72. The first-order chi connectivity index (χ1) is 9.40. The van der Waals surface area contributed by atoms with Crippen molar-refractivity contribution < 1.29 is 4.42 Å². The highest BCUT2D eigenvalue weighted by Crippen LogP contribution is 2.28. The summed E-state index contributed by atoms with van der Waals surface area (Å²) >= 11 is 1.27. The minimum absolute atomic E-state index is 0.469. The molecule has 8 heteroatoms. The quantitative estimate of drug-likeness (QED) is 0.807. The molecule has 0 aromatic carbocycles. The molecular formula is C11H14N6OS. The number of nitrogens with zero attached hydrogens (tertiary/aromatic N) is 6. The normalized spacial score (nSPS) is 26.6. The van der Waals surface area contributed by atoms with Crippen LogP contribution >= 0.6 is 11.5 Å². The fourth-order valence-electron chi connectivity index (χ4n) is 2.82. The van der Waals surface area contributed by atoms with Gasteiger partial charge in [-0.15, -0.1) is 5.10 Å². The molecule has 5 rings (SSSR count). The molecule has 3 aliphatic heterocycles. The lowest BCUT2D eigenvalue weighted by Gasteiger charge is -2.29. The van der Waals surface area contributed by atoms with E-state index in [0.717, 1.165) is 13.1 Å². The van der Waals surface area contributed by atoms with E-state index in [4.69, 9.17) is 4.42 Å². The molecule has 0 spiro atoms. The predicted molar refractivity (Wildman–Crippen MR) is 70.0 cm³/mol. The van der Waals surface area contributed by atoms with Crippen LogP contribution in [0.3, 0.4) is 0 Å². The number of aromatic nitrogens is 4. The Balaban J connectivity index is 1.62. The summed E-state index contributed by atoms with van der Waals surface area (Å²) in [6.07, 6.45) is 3.86. The van der Waals surface area contributed by atoms with Crippen molar-refractivity contribution in [2.75, 3.05) is 31.1 Å². The smallest absolute Gasteiger partial charge is 0.318 e. The van der Waals surface area contributed by atoms with Gasteiger partial charge in [0, 0.05) is 32.2 Å². The molecule has 2 bridgehead atoms. The van der Waals surface area contributed by atoms with E-state index >= 15 is 0 Å². The summed E-state index contributed by atoms with van der Waals surface area (Å²) in [7, 11) is 0. The van der Waals surface area contributed by atoms with Gasteiger partial charge < -0.3 is 14.2 Å². The number of piperidine rings is 1. The van der Waals surface area contributed by atoms with Gasteiger partial charge in [-0.25, -0.2) is 4.98 Å². The largest absolute Gasteiger partial charge is 0.401 e. The molecule has 100 valence electrons. The highest BCUT2D eigenvalue weighted by atomic mass is 32.1. The molecule has 0 N–H and O–H groups in total. The van der Waals surface area contributed by atoms with Crippen LogP contribution in [0.2, 0.25) is 0 Å². The van der Waals surface area contributed by atoms with Crippen LogP contribution in [-0.2, 0) is 0 Å².